The van der Waals surface area contributed by atoms with Crippen molar-refractivity contribution in [3.63, 3.8) is 0 Å². The Morgan fingerprint density at radius 3 is 2.65 bits per heavy atom. The molecule has 0 aromatic carbocycles. The summed E-state index contributed by atoms with van der Waals surface area (Å²) >= 11 is 0. The van der Waals surface area contributed by atoms with Crippen LogP contribution < -0.4 is 5.32 Å². The summed E-state index contributed by atoms with van der Waals surface area (Å²) in [6, 6.07) is 0. The van der Waals surface area contributed by atoms with Gasteiger partial charge in [-0.25, -0.2) is 0 Å². The van der Waals surface area contributed by atoms with E-state index in [9.17, 15) is 9.59 Å². The first-order valence-electron chi connectivity index (χ1n) is 6.42. The first kappa shape index (κ1) is 12.4. The molecule has 2 heterocycles. The number of likely N-dealkylation sites (N-methyl/N-ethyl adjacent to an activating group) is 1. The highest BCUT2D eigenvalue weighted by atomic mass is 16.2. The number of nitrogens with one attached hydrogen (secondary N) is 1. The maximum absolute atomic E-state index is 12.0. The third-order valence-corrected chi connectivity index (χ3v) is 3.62. The van der Waals surface area contributed by atoms with Crippen molar-refractivity contribution in [1.82, 2.24) is 15.1 Å². The number of hydrogen-bond acceptors (Lipinski definition) is 3. The zero-order valence-electron chi connectivity index (χ0n) is 10.4. The second-order valence-electron chi connectivity index (χ2n) is 4.97. The van der Waals surface area contributed by atoms with E-state index in [0.29, 0.717) is 0 Å². The maximum atomic E-state index is 12.0. The minimum absolute atomic E-state index is 0.0615. The van der Waals surface area contributed by atoms with E-state index in [1.165, 1.54) is 0 Å². The Bertz CT molecular complexity index is 294. The Morgan fingerprint density at radius 2 is 2.06 bits per heavy atom. The number of likely N-dealkylation sites (tertiary alicyclic amines) is 1. The summed E-state index contributed by atoms with van der Waals surface area (Å²) in [5.74, 6) is 0.248. The number of amides is 2. The molecule has 2 amide bonds. The normalized spacial score (nSPS) is 24.1. The van der Waals surface area contributed by atoms with Crippen molar-refractivity contribution in [1.29, 1.82) is 0 Å². The Labute approximate surface area is 102 Å². The highest BCUT2D eigenvalue weighted by Crippen LogP contribution is 2.12. The van der Waals surface area contributed by atoms with Crippen LogP contribution in [0.4, 0.5) is 0 Å². The van der Waals surface area contributed by atoms with Crippen LogP contribution in [-0.2, 0) is 9.59 Å². The Morgan fingerprint density at radius 1 is 1.35 bits per heavy atom. The summed E-state index contributed by atoms with van der Waals surface area (Å²) in [4.78, 5) is 27.3. The molecule has 0 saturated carbocycles. The third-order valence-electron chi connectivity index (χ3n) is 3.62. The Kier molecular flexibility index (Phi) is 3.99. The van der Waals surface area contributed by atoms with E-state index in [0.717, 1.165) is 45.4 Å². The Balaban J connectivity index is 1.80. The lowest BCUT2D eigenvalue weighted by molar-refractivity contribution is -0.140. The number of hydrogen-bond donors (Lipinski definition) is 1. The van der Waals surface area contributed by atoms with Gasteiger partial charge in [0.15, 0.2) is 0 Å². The summed E-state index contributed by atoms with van der Waals surface area (Å²) in [5.41, 5.74) is 0. The van der Waals surface area contributed by atoms with Gasteiger partial charge in [0.05, 0.1) is 12.5 Å². The van der Waals surface area contributed by atoms with Gasteiger partial charge in [-0.15, -0.1) is 0 Å². The van der Waals surface area contributed by atoms with Gasteiger partial charge in [-0.3, -0.25) is 9.59 Å². The fraction of sp³-hybridized carbons (Fsp3) is 0.833. The lowest BCUT2D eigenvalue weighted by Crippen LogP contribution is -2.42. The minimum atomic E-state index is 0.0615. The van der Waals surface area contributed by atoms with Gasteiger partial charge in [-0.1, -0.05) is 0 Å². The summed E-state index contributed by atoms with van der Waals surface area (Å²) in [6.45, 7) is 3.60. The molecule has 2 aliphatic heterocycles. The average molecular weight is 239 g/mol. The van der Waals surface area contributed by atoms with Crippen molar-refractivity contribution in [2.75, 3.05) is 39.8 Å². The van der Waals surface area contributed by atoms with Crippen molar-refractivity contribution in [2.24, 2.45) is 5.92 Å². The van der Waals surface area contributed by atoms with Gasteiger partial charge in [0.25, 0.3) is 0 Å². The maximum Gasteiger partial charge on any atom is 0.242 e. The van der Waals surface area contributed by atoms with Crippen LogP contribution in [0, 0.1) is 5.92 Å². The van der Waals surface area contributed by atoms with Crippen LogP contribution in [0.25, 0.3) is 0 Å². The average Bonchev–Trinajstić information content (AvgIpc) is 3.00. The van der Waals surface area contributed by atoms with E-state index in [1.807, 2.05) is 4.90 Å². The van der Waals surface area contributed by atoms with Crippen LogP contribution in [0.2, 0.25) is 0 Å². The van der Waals surface area contributed by atoms with E-state index in [1.54, 1.807) is 11.9 Å². The zero-order chi connectivity index (χ0) is 12.3. The minimum Gasteiger partial charge on any atom is -0.341 e. The lowest BCUT2D eigenvalue weighted by atomic mass is 10.1. The molecule has 0 aliphatic carbocycles. The standard InChI is InChI=1S/C12H21N3O2/c1-14(12(17)10-4-5-13-8-10)9-11(16)15-6-2-3-7-15/h10,13H,2-9H2,1H3. The van der Waals surface area contributed by atoms with Gasteiger partial charge in [0.1, 0.15) is 0 Å². The molecular weight excluding hydrogens is 218 g/mol. The monoisotopic (exact) mass is 239 g/mol. The van der Waals surface area contributed by atoms with Crippen LogP contribution in [0.1, 0.15) is 19.3 Å². The fourth-order valence-electron chi connectivity index (χ4n) is 2.52. The van der Waals surface area contributed by atoms with E-state index in [4.69, 9.17) is 0 Å². The fourth-order valence-corrected chi connectivity index (χ4v) is 2.52. The van der Waals surface area contributed by atoms with Gasteiger partial charge in [-0.05, 0) is 25.8 Å². The quantitative estimate of drug-likeness (QED) is 0.734. The molecule has 0 bridgehead atoms. The molecule has 96 valence electrons. The summed E-state index contributed by atoms with van der Waals surface area (Å²) < 4.78 is 0. The van der Waals surface area contributed by atoms with Crippen molar-refractivity contribution < 1.29 is 9.59 Å². The van der Waals surface area contributed by atoms with Gasteiger partial charge in [0, 0.05) is 26.7 Å². The van der Waals surface area contributed by atoms with Crippen molar-refractivity contribution in [3.05, 3.63) is 0 Å². The lowest BCUT2D eigenvalue weighted by Gasteiger charge is -2.23. The predicted octanol–water partition coefficient (Wildman–Crippen LogP) is -0.323. The van der Waals surface area contributed by atoms with Crippen molar-refractivity contribution in [2.45, 2.75) is 19.3 Å². The predicted molar refractivity (Wildman–Crippen MR) is 64.4 cm³/mol. The van der Waals surface area contributed by atoms with Crippen LogP contribution in [-0.4, -0.2) is 61.4 Å². The molecule has 0 aromatic heterocycles. The van der Waals surface area contributed by atoms with E-state index in [-0.39, 0.29) is 24.3 Å². The highest BCUT2D eigenvalue weighted by Gasteiger charge is 2.27. The van der Waals surface area contributed by atoms with E-state index < -0.39 is 0 Å². The van der Waals surface area contributed by atoms with Gasteiger partial charge in [-0.2, -0.15) is 0 Å². The zero-order valence-corrected chi connectivity index (χ0v) is 10.4. The molecule has 1 unspecified atom stereocenters. The summed E-state index contributed by atoms with van der Waals surface area (Å²) in [5, 5.41) is 3.17. The molecule has 5 heteroatoms. The largest absolute Gasteiger partial charge is 0.341 e. The first-order valence-corrected chi connectivity index (χ1v) is 6.42. The molecule has 1 N–H and O–H groups in total. The molecular formula is C12H21N3O2. The van der Waals surface area contributed by atoms with Crippen LogP contribution in [0.15, 0.2) is 0 Å². The van der Waals surface area contributed by atoms with E-state index >= 15 is 0 Å². The second kappa shape index (κ2) is 5.49. The van der Waals surface area contributed by atoms with Crippen LogP contribution in [0.3, 0.4) is 0 Å². The molecule has 2 aliphatic rings. The number of rotatable bonds is 3. The molecule has 2 rings (SSSR count). The van der Waals surface area contributed by atoms with Crippen LogP contribution in [0.5, 0.6) is 0 Å². The van der Waals surface area contributed by atoms with Gasteiger partial charge < -0.3 is 15.1 Å². The van der Waals surface area contributed by atoms with Crippen molar-refractivity contribution in [3.8, 4) is 0 Å². The first-order chi connectivity index (χ1) is 8.18. The Hall–Kier alpha value is -1.10. The topological polar surface area (TPSA) is 52.7 Å². The van der Waals surface area contributed by atoms with Gasteiger partial charge >= 0.3 is 0 Å². The number of nitrogens with zero attached hydrogens (tertiary/aromatic N) is 2. The van der Waals surface area contributed by atoms with Crippen LogP contribution >= 0.6 is 0 Å². The number of carbonyl (C=O) groups is 2. The van der Waals surface area contributed by atoms with E-state index in [2.05, 4.69) is 5.32 Å². The SMILES string of the molecule is CN(CC(=O)N1CCCC1)C(=O)C1CCNC1. The highest BCUT2D eigenvalue weighted by molar-refractivity contribution is 5.86. The smallest absolute Gasteiger partial charge is 0.242 e. The second-order valence-corrected chi connectivity index (χ2v) is 4.97. The molecule has 17 heavy (non-hydrogen) atoms. The molecule has 5 nitrogen and oxygen atoms in total. The molecule has 2 fully saturated rings. The molecule has 0 spiro atoms. The molecule has 0 radical (unpaired) electrons. The summed E-state index contributed by atoms with van der Waals surface area (Å²) in [7, 11) is 1.73. The summed E-state index contributed by atoms with van der Waals surface area (Å²) in [6.07, 6.45) is 3.08. The molecule has 0 aromatic rings. The van der Waals surface area contributed by atoms with Gasteiger partial charge in [0.2, 0.25) is 11.8 Å². The number of carbonyl (C=O) groups excluding carboxylic acids is 2. The third kappa shape index (κ3) is 2.97. The van der Waals surface area contributed by atoms with Crippen molar-refractivity contribution >= 4 is 11.8 Å². The molecule has 2 saturated heterocycles. The molecule has 1 atom stereocenters.